The highest BCUT2D eigenvalue weighted by atomic mass is 16.5. The van der Waals surface area contributed by atoms with Gasteiger partial charge in [-0.1, -0.05) is 18.2 Å². The number of aliphatic hydroxyl groups excluding tert-OH is 1. The maximum atomic E-state index is 9.62. The maximum Gasteiger partial charge on any atom is 0.0645 e. The van der Waals surface area contributed by atoms with Crippen molar-refractivity contribution < 1.29 is 19.3 Å². The molecule has 0 saturated carbocycles. The van der Waals surface area contributed by atoms with Gasteiger partial charge < -0.3 is 19.3 Å². The van der Waals surface area contributed by atoms with Crippen molar-refractivity contribution in [2.75, 3.05) is 46.2 Å². The minimum absolute atomic E-state index is 0.0601. The molecule has 0 spiro atoms. The smallest absolute Gasteiger partial charge is 0.0645 e. The van der Waals surface area contributed by atoms with E-state index in [2.05, 4.69) is 19.7 Å². The fourth-order valence-corrected chi connectivity index (χ4v) is 1.43. The van der Waals surface area contributed by atoms with E-state index in [1.807, 2.05) is 0 Å². The zero-order valence-corrected chi connectivity index (χ0v) is 11.7. The summed E-state index contributed by atoms with van der Waals surface area (Å²) >= 11 is 0. The monoisotopic (exact) mass is 270 g/mol. The minimum Gasteiger partial charge on any atom is -0.396 e. The molecular weight excluding hydrogens is 244 g/mol. The molecule has 0 aromatic carbocycles. The van der Waals surface area contributed by atoms with Crippen LogP contribution < -0.4 is 0 Å². The third-order valence-electron chi connectivity index (χ3n) is 2.50. The van der Waals surface area contributed by atoms with Gasteiger partial charge in [0.1, 0.15) is 0 Å². The molecule has 0 aromatic rings. The first-order valence-corrected chi connectivity index (χ1v) is 6.41. The van der Waals surface area contributed by atoms with E-state index in [1.54, 1.807) is 18.2 Å². The number of aliphatic hydroxyl groups is 1. The lowest BCUT2D eigenvalue weighted by Crippen LogP contribution is -2.41. The normalized spacial score (nSPS) is 11.2. The summed E-state index contributed by atoms with van der Waals surface area (Å²) in [6, 6.07) is 0. The number of rotatable bonds is 14. The van der Waals surface area contributed by atoms with Gasteiger partial charge in [0, 0.05) is 0 Å². The molecule has 0 radical (unpaired) electrons. The van der Waals surface area contributed by atoms with Crippen LogP contribution in [0.15, 0.2) is 38.0 Å². The van der Waals surface area contributed by atoms with Crippen LogP contribution in [0.2, 0.25) is 0 Å². The standard InChI is InChI=1S/C15H26O4/c1-4-7-10-19-14-15(11-16,12-17-8-5-2)13-18-9-6-3/h4-6,16H,1-3,7-14H2. The van der Waals surface area contributed by atoms with Crippen LogP contribution in [-0.2, 0) is 14.2 Å². The molecule has 0 unspecified atom stereocenters. The quantitative estimate of drug-likeness (QED) is 0.387. The van der Waals surface area contributed by atoms with Gasteiger partial charge in [0.2, 0.25) is 0 Å². The molecule has 19 heavy (non-hydrogen) atoms. The number of hydrogen-bond acceptors (Lipinski definition) is 4. The van der Waals surface area contributed by atoms with Crippen molar-refractivity contribution in [3.63, 3.8) is 0 Å². The molecule has 0 atom stereocenters. The molecule has 1 N–H and O–H groups in total. The van der Waals surface area contributed by atoms with E-state index in [0.29, 0.717) is 39.6 Å². The zero-order valence-electron chi connectivity index (χ0n) is 11.7. The average Bonchev–Trinajstić information content (AvgIpc) is 2.43. The van der Waals surface area contributed by atoms with Crippen molar-refractivity contribution in [3.8, 4) is 0 Å². The Morgan fingerprint density at radius 1 is 0.842 bits per heavy atom. The molecule has 0 aliphatic heterocycles. The highest BCUT2D eigenvalue weighted by molar-refractivity contribution is 4.80. The summed E-state index contributed by atoms with van der Waals surface area (Å²) in [7, 11) is 0. The predicted molar refractivity (Wildman–Crippen MR) is 77.2 cm³/mol. The van der Waals surface area contributed by atoms with Crippen LogP contribution >= 0.6 is 0 Å². The topological polar surface area (TPSA) is 47.9 Å². The van der Waals surface area contributed by atoms with E-state index in [-0.39, 0.29) is 6.61 Å². The lowest BCUT2D eigenvalue weighted by Gasteiger charge is -2.30. The molecule has 0 fully saturated rings. The summed E-state index contributed by atoms with van der Waals surface area (Å²) in [6.07, 6.45) is 5.92. The molecule has 0 bridgehead atoms. The van der Waals surface area contributed by atoms with Crippen LogP contribution in [0, 0.1) is 5.41 Å². The Kier molecular flexibility index (Phi) is 11.5. The van der Waals surface area contributed by atoms with Gasteiger partial charge in [-0.2, -0.15) is 0 Å². The van der Waals surface area contributed by atoms with Crippen molar-refractivity contribution in [2.45, 2.75) is 6.42 Å². The molecule has 4 nitrogen and oxygen atoms in total. The largest absolute Gasteiger partial charge is 0.396 e. The Morgan fingerprint density at radius 2 is 1.37 bits per heavy atom. The highest BCUT2D eigenvalue weighted by Gasteiger charge is 2.30. The van der Waals surface area contributed by atoms with Crippen LogP contribution in [0.3, 0.4) is 0 Å². The fraction of sp³-hybridized carbons (Fsp3) is 0.600. The fourth-order valence-electron chi connectivity index (χ4n) is 1.43. The first kappa shape index (κ1) is 18.1. The Bertz CT molecular complexity index is 237. The lowest BCUT2D eigenvalue weighted by atomic mass is 9.92. The third kappa shape index (κ3) is 8.72. The Labute approximate surface area is 116 Å². The first-order chi connectivity index (χ1) is 9.24. The Hall–Kier alpha value is -0.940. The first-order valence-electron chi connectivity index (χ1n) is 6.41. The lowest BCUT2D eigenvalue weighted by molar-refractivity contribution is -0.0852. The maximum absolute atomic E-state index is 9.62. The van der Waals surface area contributed by atoms with Crippen LogP contribution in [0.5, 0.6) is 0 Å². The van der Waals surface area contributed by atoms with Crippen LogP contribution in [0.1, 0.15) is 6.42 Å². The number of hydrogen-bond donors (Lipinski definition) is 1. The van der Waals surface area contributed by atoms with E-state index in [0.717, 1.165) is 6.42 Å². The van der Waals surface area contributed by atoms with E-state index < -0.39 is 5.41 Å². The van der Waals surface area contributed by atoms with E-state index in [1.165, 1.54) is 0 Å². The van der Waals surface area contributed by atoms with Gasteiger partial charge in [-0.25, -0.2) is 0 Å². The van der Waals surface area contributed by atoms with E-state index >= 15 is 0 Å². The SMILES string of the molecule is C=CCCOCC(CO)(COCC=C)COCC=C. The molecule has 0 aliphatic carbocycles. The van der Waals surface area contributed by atoms with Crippen LogP contribution in [-0.4, -0.2) is 51.4 Å². The molecule has 0 aromatic heterocycles. The molecule has 0 aliphatic rings. The van der Waals surface area contributed by atoms with Gasteiger partial charge in [-0.05, 0) is 6.42 Å². The van der Waals surface area contributed by atoms with Crippen molar-refractivity contribution >= 4 is 0 Å². The van der Waals surface area contributed by atoms with E-state index in [9.17, 15) is 5.11 Å². The summed E-state index contributed by atoms with van der Waals surface area (Å²) in [5.41, 5.74) is -0.548. The molecule has 4 heteroatoms. The van der Waals surface area contributed by atoms with Crippen molar-refractivity contribution in [3.05, 3.63) is 38.0 Å². The van der Waals surface area contributed by atoms with Gasteiger partial charge in [0.25, 0.3) is 0 Å². The average molecular weight is 270 g/mol. The molecule has 0 saturated heterocycles. The van der Waals surface area contributed by atoms with Gasteiger partial charge in [-0.3, -0.25) is 0 Å². The second-order valence-electron chi connectivity index (χ2n) is 4.40. The zero-order chi connectivity index (χ0) is 14.4. The Morgan fingerprint density at radius 3 is 1.79 bits per heavy atom. The predicted octanol–water partition coefficient (Wildman–Crippen LogP) is 1.96. The van der Waals surface area contributed by atoms with Crippen LogP contribution in [0.4, 0.5) is 0 Å². The van der Waals surface area contributed by atoms with Gasteiger partial charge in [0.15, 0.2) is 0 Å². The summed E-state index contributed by atoms with van der Waals surface area (Å²) in [6.45, 7) is 13.3. The highest BCUT2D eigenvalue weighted by Crippen LogP contribution is 2.19. The van der Waals surface area contributed by atoms with Gasteiger partial charge >= 0.3 is 0 Å². The minimum atomic E-state index is -0.548. The van der Waals surface area contributed by atoms with Gasteiger partial charge in [0.05, 0.1) is 51.7 Å². The second kappa shape index (κ2) is 12.1. The molecule has 0 amide bonds. The van der Waals surface area contributed by atoms with Crippen LogP contribution in [0.25, 0.3) is 0 Å². The summed E-state index contributed by atoms with van der Waals surface area (Å²) < 4.78 is 16.4. The molecule has 0 rings (SSSR count). The second-order valence-corrected chi connectivity index (χ2v) is 4.40. The third-order valence-corrected chi connectivity index (χ3v) is 2.50. The summed E-state index contributed by atoms with van der Waals surface area (Å²) in [4.78, 5) is 0. The molecule has 110 valence electrons. The number of ether oxygens (including phenoxy) is 3. The van der Waals surface area contributed by atoms with Gasteiger partial charge in [-0.15, -0.1) is 19.7 Å². The van der Waals surface area contributed by atoms with Crippen molar-refractivity contribution in [1.82, 2.24) is 0 Å². The molecule has 0 heterocycles. The van der Waals surface area contributed by atoms with Crippen molar-refractivity contribution in [2.24, 2.45) is 5.41 Å². The molecular formula is C15H26O4. The Balaban J connectivity index is 4.30. The summed E-state index contributed by atoms with van der Waals surface area (Å²) in [5.74, 6) is 0. The summed E-state index contributed by atoms with van der Waals surface area (Å²) in [5, 5.41) is 9.62. The van der Waals surface area contributed by atoms with Crippen molar-refractivity contribution in [1.29, 1.82) is 0 Å². The van der Waals surface area contributed by atoms with E-state index in [4.69, 9.17) is 14.2 Å².